The van der Waals surface area contributed by atoms with Gasteiger partial charge in [0, 0.05) is 16.9 Å². The van der Waals surface area contributed by atoms with Crippen LogP contribution >= 0.6 is 0 Å². The van der Waals surface area contributed by atoms with E-state index in [1.807, 2.05) is 24.3 Å². The van der Waals surface area contributed by atoms with Crippen LogP contribution in [0.15, 0.2) is 24.3 Å². The maximum Gasteiger partial charge on any atom is 0.328 e. The molecule has 0 saturated heterocycles. The van der Waals surface area contributed by atoms with E-state index in [1.165, 1.54) is 13.8 Å². The Hall–Kier alpha value is -2.04. The van der Waals surface area contributed by atoms with Gasteiger partial charge in [0.25, 0.3) is 0 Å². The summed E-state index contributed by atoms with van der Waals surface area (Å²) in [6, 6.07) is 7.79. The topological polar surface area (TPSA) is 75.6 Å². The molecule has 1 amide bonds. The Morgan fingerprint density at radius 1 is 1.38 bits per heavy atom. The van der Waals surface area contributed by atoms with Crippen molar-refractivity contribution in [2.75, 3.05) is 6.61 Å². The van der Waals surface area contributed by atoms with E-state index in [2.05, 4.69) is 5.32 Å². The molecule has 0 unspecified atom stereocenters. The predicted molar refractivity (Wildman–Crippen MR) is 76.2 cm³/mol. The lowest BCUT2D eigenvalue weighted by Crippen LogP contribution is -2.50. The summed E-state index contributed by atoms with van der Waals surface area (Å²) in [5, 5.41) is 11.8. The van der Waals surface area contributed by atoms with Gasteiger partial charge in [-0.3, -0.25) is 4.79 Å². The summed E-state index contributed by atoms with van der Waals surface area (Å²) < 4.78 is 5.64. The number of rotatable bonds is 3. The highest BCUT2D eigenvalue weighted by atomic mass is 16.5. The van der Waals surface area contributed by atoms with Crippen LogP contribution < -0.4 is 10.1 Å². The first kappa shape index (κ1) is 13.9. The lowest BCUT2D eigenvalue weighted by molar-refractivity contribution is -0.146. The van der Waals surface area contributed by atoms with Crippen LogP contribution in [0.2, 0.25) is 0 Å². The first-order valence-electron chi connectivity index (χ1n) is 7.14. The summed E-state index contributed by atoms with van der Waals surface area (Å²) in [6.07, 6.45) is 1.56. The molecular weight excluding hydrogens is 270 g/mol. The molecule has 0 aromatic heterocycles. The molecule has 2 atom stereocenters. The maximum absolute atomic E-state index is 12.4. The molecule has 112 valence electrons. The molecule has 1 fully saturated rings. The summed E-state index contributed by atoms with van der Waals surface area (Å²) in [6.45, 7) is 3.60. The third-order valence-electron chi connectivity index (χ3n) is 4.59. The van der Waals surface area contributed by atoms with Crippen molar-refractivity contribution in [1.82, 2.24) is 5.32 Å². The van der Waals surface area contributed by atoms with Gasteiger partial charge in [0.15, 0.2) is 0 Å². The Bertz CT molecular complexity index is 610. The van der Waals surface area contributed by atoms with Gasteiger partial charge in [-0.15, -0.1) is 0 Å². The Kier molecular flexibility index (Phi) is 2.97. The summed E-state index contributed by atoms with van der Waals surface area (Å²) in [5.41, 5.74) is -0.344. The number of nitrogens with one attached hydrogen (secondary N) is 1. The van der Waals surface area contributed by atoms with Gasteiger partial charge in [0.05, 0.1) is 6.61 Å². The monoisotopic (exact) mass is 289 g/mol. The minimum absolute atomic E-state index is 0.166. The van der Waals surface area contributed by atoms with E-state index < -0.39 is 11.5 Å². The minimum Gasteiger partial charge on any atom is -0.493 e. The Morgan fingerprint density at radius 3 is 2.81 bits per heavy atom. The molecule has 1 saturated carbocycles. The maximum atomic E-state index is 12.4. The number of carboxylic acid groups (broad SMARTS) is 1. The molecule has 2 aliphatic rings. The number of hydrogen-bond donors (Lipinski definition) is 2. The zero-order valence-electron chi connectivity index (χ0n) is 12.2. The van der Waals surface area contributed by atoms with Crippen LogP contribution in [0.4, 0.5) is 0 Å². The lowest BCUT2D eigenvalue weighted by atomic mass is 9.87. The zero-order valence-corrected chi connectivity index (χ0v) is 12.2. The molecule has 5 heteroatoms. The quantitative estimate of drug-likeness (QED) is 0.888. The lowest BCUT2D eigenvalue weighted by Gasteiger charge is -2.27. The van der Waals surface area contributed by atoms with Crippen LogP contribution in [0, 0.1) is 5.92 Å². The van der Waals surface area contributed by atoms with Gasteiger partial charge >= 0.3 is 5.97 Å². The molecule has 1 heterocycles. The van der Waals surface area contributed by atoms with E-state index >= 15 is 0 Å². The summed E-state index contributed by atoms with van der Waals surface area (Å²) in [7, 11) is 0. The second kappa shape index (κ2) is 4.48. The molecule has 1 aliphatic carbocycles. The van der Waals surface area contributed by atoms with E-state index in [9.17, 15) is 9.59 Å². The number of amides is 1. The average Bonchev–Trinajstić information content (AvgIpc) is 3.14. The molecule has 1 aliphatic heterocycles. The largest absolute Gasteiger partial charge is 0.493 e. The number of fused-ring (bicyclic) bond motifs is 2. The number of carbonyl (C=O) groups excluding carboxylic acids is 1. The fourth-order valence-corrected chi connectivity index (χ4v) is 3.15. The number of aliphatic carboxylic acids is 1. The predicted octanol–water partition coefficient (Wildman–Crippen LogP) is 1.71. The number of ether oxygens (including phenoxy) is 1. The molecule has 0 radical (unpaired) electrons. The molecule has 5 nitrogen and oxygen atoms in total. The number of carbonyl (C=O) groups is 2. The van der Waals surface area contributed by atoms with Crippen molar-refractivity contribution in [2.45, 2.75) is 37.6 Å². The van der Waals surface area contributed by atoms with Crippen molar-refractivity contribution < 1.29 is 19.4 Å². The summed E-state index contributed by atoms with van der Waals surface area (Å²) >= 11 is 0. The van der Waals surface area contributed by atoms with Crippen molar-refractivity contribution in [3.8, 4) is 5.75 Å². The Balaban J connectivity index is 1.80. The first-order chi connectivity index (χ1) is 9.87. The van der Waals surface area contributed by atoms with E-state index in [0.29, 0.717) is 6.61 Å². The minimum atomic E-state index is -1.24. The number of carboxylic acids is 1. The van der Waals surface area contributed by atoms with Crippen LogP contribution in [-0.4, -0.2) is 29.1 Å². The molecular formula is C16H19NO4. The highest BCUT2D eigenvalue weighted by Crippen LogP contribution is 2.60. The summed E-state index contributed by atoms with van der Waals surface area (Å²) in [4.78, 5) is 23.5. The highest BCUT2D eigenvalue weighted by Gasteiger charge is 2.61. The standard InChI is InChI=1S/C16H19NO4/c1-15(2,14(19)20)17-13(18)11-9-16(11)7-8-21-12-6-4-3-5-10(12)16/h3-6,11H,7-9H2,1-2H3,(H,17,18)(H,19,20)/t11-,16-/m0/s1. The fraction of sp³-hybridized carbons (Fsp3) is 0.500. The molecule has 3 rings (SSSR count). The van der Waals surface area contributed by atoms with Crippen molar-refractivity contribution in [1.29, 1.82) is 0 Å². The normalized spacial score (nSPS) is 26.7. The SMILES string of the molecule is CC(C)(NC(=O)[C@@H]1C[C@]12CCOc1ccccc12)C(=O)O. The van der Waals surface area contributed by atoms with Crippen molar-refractivity contribution in [2.24, 2.45) is 5.92 Å². The van der Waals surface area contributed by atoms with Gasteiger partial charge < -0.3 is 15.2 Å². The van der Waals surface area contributed by atoms with Crippen LogP contribution in [0.25, 0.3) is 0 Å². The molecule has 1 aromatic rings. The van der Waals surface area contributed by atoms with Crippen LogP contribution in [0.5, 0.6) is 5.75 Å². The molecule has 1 aromatic carbocycles. The van der Waals surface area contributed by atoms with Crippen LogP contribution in [0.1, 0.15) is 32.3 Å². The van der Waals surface area contributed by atoms with Gasteiger partial charge in [-0.2, -0.15) is 0 Å². The molecule has 1 spiro atoms. The average molecular weight is 289 g/mol. The molecule has 21 heavy (non-hydrogen) atoms. The van der Waals surface area contributed by atoms with Gasteiger partial charge in [0.2, 0.25) is 5.91 Å². The third kappa shape index (κ3) is 2.17. The number of para-hydroxylation sites is 1. The smallest absolute Gasteiger partial charge is 0.328 e. The van der Waals surface area contributed by atoms with Crippen molar-refractivity contribution in [3.63, 3.8) is 0 Å². The second-order valence-corrected chi connectivity index (χ2v) is 6.43. The molecule has 2 N–H and O–H groups in total. The third-order valence-corrected chi connectivity index (χ3v) is 4.59. The van der Waals surface area contributed by atoms with Crippen molar-refractivity contribution in [3.05, 3.63) is 29.8 Å². The van der Waals surface area contributed by atoms with Gasteiger partial charge in [-0.05, 0) is 32.8 Å². The highest BCUT2D eigenvalue weighted by molar-refractivity contribution is 5.90. The zero-order chi connectivity index (χ0) is 15.3. The van der Waals surface area contributed by atoms with E-state index in [0.717, 1.165) is 24.2 Å². The van der Waals surface area contributed by atoms with E-state index in [1.54, 1.807) is 0 Å². The number of benzene rings is 1. The number of hydrogen-bond acceptors (Lipinski definition) is 3. The van der Waals surface area contributed by atoms with Crippen LogP contribution in [-0.2, 0) is 15.0 Å². The van der Waals surface area contributed by atoms with Crippen molar-refractivity contribution >= 4 is 11.9 Å². The van der Waals surface area contributed by atoms with Crippen LogP contribution in [0.3, 0.4) is 0 Å². The second-order valence-electron chi connectivity index (χ2n) is 6.43. The van der Waals surface area contributed by atoms with Gasteiger partial charge in [-0.25, -0.2) is 4.79 Å². The van der Waals surface area contributed by atoms with E-state index in [4.69, 9.17) is 9.84 Å². The Morgan fingerprint density at radius 2 is 2.10 bits per heavy atom. The van der Waals surface area contributed by atoms with E-state index in [-0.39, 0.29) is 17.2 Å². The Labute approximate surface area is 123 Å². The first-order valence-corrected chi connectivity index (χ1v) is 7.14. The van der Waals surface area contributed by atoms with Gasteiger partial charge in [0.1, 0.15) is 11.3 Å². The fourth-order valence-electron chi connectivity index (χ4n) is 3.15. The molecule has 0 bridgehead atoms. The van der Waals surface area contributed by atoms with Gasteiger partial charge in [-0.1, -0.05) is 18.2 Å². The summed E-state index contributed by atoms with van der Waals surface area (Å²) in [5.74, 6) is -0.533.